The van der Waals surface area contributed by atoms with Crippen LogP contribution in [0.25, 0.3) is 11.0 Å². The Morgan fingerprint density at radius 2 is 2.06 bits per heavy atom. The van der Waals surface area contributed by atoms with Crippen molar-refractivity contribution in [2.45, 2.75) is 0 Å². The van der Waals surface area contributed by atoms with Crippen molar-refractivity contribution in [1.82, 2.24) is 0 Å². The van der Waals surface area contributed by atoms with E-state index < -0.39 is 22.0 Å². The summed E-state index contributed by atoms with van der Waals surface area (Å²) in [5.74, 6) is -0.677. The van der Waals surface area contributed by atoms with Gasteiger partial charge in [-0.25, -0.2) is 4.79 Å². The van der Waals surface area contributed by atoms with Gasteiger partial charge in [-0.05, 0) is 18.2 Å². The molecule has 0 aliphatic rings. The Bertz CT molecular complexity index is 654. The van der Waals surface area contributed by atoms with Crippen LogP contribution in [0.2, 0.25) is 0 Å². The first-order valence-electron chi connectivity index (χ1n) is 4.10. The number of halogens is 1. The van der Waals surface area contributed by atoms with E-state index in [9.17, 15) is 20.0 Å². The number of hydrogen-bond acceptors (Lipinski definition) is 5. The number of rotatable bonds is 1. The SMILES string of the molecule is O=c1oc2cc(Br)ccc2c(O)c1[N+](=O)[O-].[Na]. The average Bonchev–Trinajstić information content (AvgIpc) is 2.15. The standard InChI is InChI=1S/C9H4BrNO5.Na/c10-4-1-2-5-6(3-4)16-9(13)7(8(5)12)11(14)15;/h1-3,12H;. The van der Waals surface area contributed by atoms with E-state index in [1.165, 1.54) is 12.1 Å². The van der Waals surface area contributed by atoms with Crippen molar-refractivity contribution in [3.8, 4) is 5.75 Å². The first kappa shape index (κ1) is 14.2. The number of nitrogens with zero attached hydrogens (tertiary/aromatic N) is 1. The van der Waals surface area contributed by atoms with Gasteiger partial charge in [-0.3, -0.25) is 10.1 Å². The smallest absolute Gasteiger partial charge is 0.419 e. The molecule has 83 valence electrons. The van der Waals surface area contributed by atoms with Gasteiger partial charge in [0.15, 0.2) is 0 Å². The number of hydrogen-bond donors (Lipinski definition) is 1. The molecule has 0 spiro atoms. The molecule has 0 saturated carbocycles. The number of benzene rings is 1. The number of nitro groups is 1. The van der Waals surface area contributed by atoms with Gasteiger partial charge in [0.2, 0.25) is 5.75 Å². The van der Waals surface area contributed by atoms with Crippen LogP contribution in [0.4, 0.5) is 5.69 Å². The molecule has 1 radical (unpaired) electrons. The van der Waals surface area contributed by atoms with Crippen molar-refractivity contribution < 1.29 is 14.4 Å². The molecule has 0 bridgehead atoms. The molecule has 0 unspecified atom stereocenters. The van der Waals surface area contributed by atoms with E-state index >= 15 is 0 Å². The molecule has 2 aromatic rings. The minimum absolute atomic E-state index is 0. The summed E-state index contributed by atoms with van der Waals surface area (Å²) in [6.07, 6.45) is 0. The topological polar surface area (TPSA) is 93.6 Å². The monoisotopic (exact) mass is 308 g/mol. The molecule has 1 N–H and O–H groups in total. The van der Waals surface area contributed by atoms with Gasteiger partial charge in [-0.15, -0.1) is 0 Å². The van der Waals surface area contributed by atoms with Gasteiger partial charge < -0.3 is 9.52 Å². The minimum atomic E-state index is -1.17. The summed E-state index contributed by atoms with van der Waals surface area (Å²) in [5.41, 5.74) is -2.04. The van der Waals surface area contributed by atoms with Crippen molar-refractivity contribution in [1.29, 1.82) is 0 Å². The van der Waals surface area contributed by atoms with Gasteiger partial charge in [0.05, 0.1) is 10.3 Å². The molecule has 17 heavy (non-hydrogen) atoms. The molecule has 0 saturated heterocycles. The van der Waals surface area contributed by atoms with E-state index in [0.717, 1.165) is 0 Å². The molecule has 1 aromatic heterocycles. The van der Waals surface area contributed by atoms with Crippen LogP contribution in [-0.2, 0) is 0 Å². The first-order valence-corrected chi connectivity index (χ1v) is 4.89. The fourth-order valence-electron chi connectivity index (χ4n) is 1.31. The Labute approximate surface area is 125 Å². The predicted molar refractivity (Wildman–Crippen MR) is 64.3 cm³/mol. The van der Waals surface area contributed by atoms with Crippen LogP contribution in [0.15, 0.2) is 31.9 Å². The van der Waals surface area contributed by atoms with Gasteiger partial charge in [0.25, 0.3) is 0 Å². The molecule has 0 amide bonds. The largest absolute Gasteiger partial charge is 0.501 e. The summed E-state index contributed by atoms with van der Waals surface area (Å²) in [4.78, 5) is 20.8. The van der Waals surface area contributed by atoms with Gasteiger partial charge >= 0.3 is 11.3 Å². The average molecular weight is 309 g/mol. The maximum absolute atomic E-state index is 11.2. The molecular formula is C9H4BrNNaO5. The van der Waals surface area contributed by atoms with Crippen LogP contribution >= 0.6 is 15.9 Å². The summed E-state index contributed by atoms with van der Waals surface area (Å²) in [6, 6.07) is 4.44. The third-order valence-corrected chi connectivity index (χ3v) is 2.49. The number of fused-ring (bicyclic) bond motifs is 1. The van der Waals surface area contributed by atoms with Crippen molar-refractivity contribution in [2.75, 3.05) is 0 Å². The van der Waals surface area contributed by atoms with Gasteiger partial charge in [0.1, 0.15) is 5.58 Å². The summed E-state index contributed by atoms with van der Waals surface area (Å²) >= 11 is 3.15. The van der Waals surface area contributed by atoms with Crippen LogP contribution in [0.1, 0.15) is 0 Å². The Balaban J connectivity index is 0.00000144. The predicted octanol–water partition coefficient (Wildman–Crippen LogP) is 1.79. The molecule has 8 heteroatoms. The molecular weight excluding hydrogens is 305 g/mol. The second kappa shape index (κ2) is 5.18. The van der Waals surface area contributed by atoms with Crippen molar-refractivity contribution in [2.24, 2.45) is 0 Å². The minimum Gasteiger partial charge on any atom is -0.501 e. The van der Waals surface area contributed by atoms with Crippen molar-refractivity contribution in [3.05, 3.63) is 43.2 Å². The molecule has 2 rings (SSSR count). The summed E-state index contributed by atoms with van der Waals surface area (Å²) < 4.78 is 5.36. The normalized spacial score (nSPS) is 9.94. The molecule has 0 fully saturated rings. The Kier molecular flexibility index (Phi) is 4.31. The quantitative estimate of drug-likeness (QED) is 0.375. The van der Waals surface area contributed by atoms with Crippen LogP contribution in [-0.4, -0.2) is 39.6 Å². The molecule has 1 aromatic carbocycles. The second-order valence-corrected chi connectivity index (χ2v) is 3.90. The van der Waals surface area contributed by atoms with Crippen molar-refractivity contribution in [3.63, 3.8) is 0 Å². The zero-order chi connectivity index (χ0) is 11.9. The molecule has 0 aliphatic carbocycles. The third kappa shape index (κ3) is 2.52. The van der Waals surface area contributed by atoms with Crippen LogP contribution in [0, 0.1) is 10.1 Å². The van der Waals surface area contributed by atoms with Gasteiger partial charge in [0, 0.05) is 34.0 Å². The van der Waals surface area contributed by atoms with Crippen LogP contribution in [0.3, 0.4) is 0 Å². The zero-order valence-corrected chi connectivity index (χ0v) is 12.2. The van der Waals surface area contributed by atoms with E-state index in [1.807, 2.05) is 0 Å². The zero-order valence-electron chi connectivity index (χ0n) is 8.64. The fourth-order valence-corrected chi connectivity index (χ4v) is 1.65. The fraction of sp³-hybridized carbons (Fsp3) is 0. The summed E-state index contributed by atoms with van der Waals surface area (Å²) in [6.45, 7) is 0. The summed E-state index contributed by atoms with van der Waals surface area (Å²) in [7, 11) is 0. The number of aromatic hydroxyl groups is 1. The van der Waals surface area contributed by atoms with Crippen LogP contribution < -0.4 is 5.63 Å². The molecule has 0 aliphatic heterocycles. The summed E-state index contributed by atoms with van der Waals surface area (Å²) in [5, 5.41) is 20.2. The van der Waals surface area contributed by atoms with E-state index in [1.54, 1.807) is 6.07 Å². The van der Waals surface area contributed by atoms with E-state index in [0.29, 0.717) is 4.47 Å². The molecule has 0 atom stereocenters. The van der Waals surface area contributed by atoms with E-state index in [2.05, 4.69) is 15.9 Å². The van der Waals surface area contributed by atoms with Crippen LogP contribution in [0.5, 0.6) is 5.75 Å². The maximum atomic E-state index is 11.2. The molecule has 6 nitrogen and oxygen atoms in total. The molecule has 1 heterocycles. The Hall–Kier alpha value is -0.890. The van der Waals surface area contributed by atoms with E-state index in [4.69, 9.17) is 4.42 Å². The first-order chi connectivity index (χ1) is 7.50. The second-order valence-electron chi connectivity index (χ2n) is 2.98. The van der Waals surface area contributed by atoms with E-state index in [-0.39, 0.29) is 40.5 Å². The van der Waals surface area contributed by atoms with Crippen molar-refractivity contribution >= 4 is 62.1 Å². The Morgan fingerprint density at radius 3 is 2.65 bits per heavy atom. The third-order valence-electron chi connectivity index (χ3n) is 2.00. The van der Waals surface area contributed by atoms with Gasteiger partial charge in [-0.1, -0.05) is 15.9 Å². The van der Waals surface area contributed by atoms with Gasteiger partial charge in [-0.2, -0.15) is 0 Å². The Morgan fingerprint density at radius 1 is 1.41 bits per heavy atom. The maximum Gasteiger partial charge on any atom is 0.419 e.